The predicted octanol–water partition coefficient (Wildman–Crippen LogP) is 5.09. The van der Waals surface area contributed by atoms with Gasteiger partial charge < -0.3 is 15.1 Å². The first-order chi connectivity index (χ1) is 12.7. The average Bonchev–Trinajstić information content (AvgIpc) is 2.95. The minimum Gasteiger partial charge on any atom is -0.353 e. The summed E-state index contributed by atoms with van der Waals surface area (Å²) >= 11 is 1.82. The van der Waals surface area contributed by atoms with Crippen LogP contribution < -0.4 is 5.32 Å². The molecule has 1 saturated heterocycles. The first-order valence-corrected chi connectivity index (χ1v) is 10.7. The molecule has 1 aromatic rings. The molecule has 0 bridgehead atoms. The molecule has 0 unspecified atom stereocenters. The number of rotatable bonds is 4. The molecule has 4 nitrogen and oxygen atoms in total. The van der Waals surface area contributed by atoms with Crippen molar-refractivity contribution in [1.82, 2.24) is 9.80 Å². The van der Waals surface area contributed by atoms with Gasteiger partial charge in [-0.2, -0.15) is 0 Å². The number of likely N-dealkylation sites (N-methyl/N-ethyl adjacent to an activating group) is 1. The van der Waals surface area contributed by atoms with E-state index in [0.717, 1.165) is 57.0 Å². The van der Waals surface area contributed by atoms with E-state index in [1.165, 1.54) is 15.4 Å². The van der Waals surface area contributed by atoms with E-state index >= 15 is 0 Å². The summed E-state index contributed by atoms with van der Waals surface area (Å²) in [4.78, 5) is 11.3. The highest BCUT2D eigenvalue weighted by molar-refractivity contribution is 7.16. The second-order valence-corrected chi connectivity index (χ2v) is 7.82. The lowest BCUT2D eigenvalue weighted by Crippen LogP contribution is -2.47. The van der Waals surface area contributed by atoms with Crippen LogP contribution in [0.5, 0.6) is 0 Å². The molecular weight excluding hydrogens is 340 g/mol. The summed E-state index contributed by atoms with van der Waals surface area (Å²) in [5, 5.41) is 4.73. The van der Waals surface area contributed by atoms with Gasteiger partial charge in [-0.25, -0.2) is 4.99 Å². The highest BCUT2D eigenvalue weighted by Crippen LogP contribution is 2.32. The van der Waals surface area contributed by atoms with Crippen molar-refractivity contribution >= 4 is 22.2 Å². The number of piperazine rings is 1. The topological polar surface area (TPSA) is 30.9 Å². The second kappa shape index (κ2) is 10.5. The standard InChI is InChI=1S/C19H28N4S.C2H6/c1-4-5-6-7-8-16-14-20-19-17(13-15(2)24-19)18(21-16)23-11-9-22(3)10-12-23;1-2/h4-5,13-14,20H,6-12H2,1-3H3;1-2H3/b5-4-;. The van der Waals surface area contributed by atoms with Gasteiger partial charge in [0.1, 0.15) is 10.8 Å². The number of unbranched alkanes of at least 4 members (excludes halogenated alkanes) is 1. The van der Waals surface area contributed by atoms with Crippen molar-refractivity contribution in [3.05, 3.63) is 40.6 Å². The minimum atomic E-state index is 1.02. The fourth-order valence-electron chi connectivity index (χ4n) is 3.12. The van der Waals surface area contributed by atoms with Crippen LogP contribution in [0.3, 0.4) is 0 Å². The first kappa shape index (κ1) is 20.7. The van der Waals surface area contributed by atoms with Gasteiger partial charge in [-0.1, -0.05) is 26.0 Å². The van der Waals surface area contributed by atoms with Crippen LogP contribution in [0, 0.1) is 6.92 Å². The molecule has 3 rings (SSSR count). The Bertz CT molecular complexity index is 649. The molecule has 0 saturated carbocycles. The maximum atomic E-state index is 5.08. The molecule has 2 aliphatic rings. The number of thiophene rings is 1. The first-order valence-electron chi connectivity index (χ1n) is 9.87. The van der Waals surface area contributed by atoms with Crippen LogP contribution in [0.25, 0.3) is 0 Å². The SMILES string of the molecule is C/C=C\CCCC1=CNc2sc(C)cc2C(N2CCN(C)CC2)=N1.CC. The Morgan fingerprint density at radius 1 is 1.23 bits per heavy atom. The summed E-state index contributed by atoms with van der Waals surface area (Å²) in [5.74, 6) is 1.16. The lowest BCUT2D eigenvalue weighted by atomic mass is 10.2. The van der Waals surface area contributed by atoms with Crippen molar-refractivity contribution in [2.24, 2.45) is 4.99 Å². The van der Waals surface area contributed by atoms with Crippen molar-refractivity contribution in [2.45, 2.75) is 47.0 Å². The van der Waals surface area contributed by atoms with Crippen molar-refractivity contribution in [2.75, 3.05) is 38.5 Å². The normalized spacial score (nSPS) is 17.7. The minimum absolute atomic E-state index is 1.02. The van der Waals surface area contributed by atoms with E-state index in [4.69, 9.17) is 4.99 Å². The van der Waals surface area contributed by atoms with Gasteiger partial charge in [0.05, 0.1) is 11.3 Å². The Labute approximate surface area is 163 Å². The van der Waals surface area contributed by atoms with E-state index in [-0.39, 0.29) is 0 Å². The third kappa shape index (κ3) is 5.45. The summed E-state index contributed by atoms with van der Waals surface area (Å²) in [6.07, 6.45) is 9.74. The van der Waals surface area contributed by atoms with Crippen molar-refractivity contribution in [3.63, 3.8) is 0 Å². The molecule has 0 spiro atoms. The summed E-state index contributed by atoms with van der Waals surface area (Å²) in [5.41, 5.74) is 2.43. The van der Waals surface area contributed by atoms with Crippen LogP contribution in [-0.4, -0.2) is 48.9 Å². The van der Waals surface area contributed by atoms with Gasteiger partial charge >= 0.3 is 0 Å². The number of nitrogens with one attached hydrogen (secondary N) is 1. The Kier molecular flexibility index (Phi) is 8.39. The maximum Gasteiger partial charge on any atom is 0.139 e. The molecule has 26 heavy (non-hydrogen) atoms. The number of fused-ring (bicyclic) bond motifs is 1. The van der Waals surface area contributed by atoms with E-state index in [1.54, 1.807) is 0 Å². The highest BCUT2D eigenvalue weighted by atomic mass is 32.1. The smallest absolute Gasteiger partial charge is 0.139 e. The number of aryl methyl sites for hydroxylation is 1. The molecule has 0 amide bonds. The van der Waals surface area contributed by atoms with Gasteiger partial charge in [0, 0.05) is 37.3 Å². The van der Waals surface area contributed by atoms with Gasteiger partial charge in [0.15, 0.2) is 0 Å². The van der Waals surface area contributed by atoms with Crippen LogP contribution >= 0.6 is 11.3 Å². The van der Waals surface area contributed by atoms with Crippen LogP contribution in [0.2, 0.25) is 0 Å². The number of amidine groups is 1. The molecule has 3 heterocycles. The summed E-state index contributed by atoms with van der Waals surface area (Å²) in [6, 6.07) is 2.28. The fourth-order valence-corrected chi connectivity index (χ4v) is 4.00. The van der Waals surface area contributed by atoms with Crippen LogP contribution in [0.15, 0.2) is 35.1 Å². The number of aliphatic imine (C=N–C) groups is 1. The lowest BCUT2D eigenvalue weighted by Gasteiger charge is -2.34. The fraction of sp³-hybridized carbons (Fsp3) is 0.571. The van der Waals surface area contributed by atoms with Crippen LogP contribution in [0.1, 0.15) is 50.5 Å². The van der Waals surface area contributed by atoms with Crippen LogP contribution in [-0.2, 0) is 0 Å². The zero-order valence-electron chi connectivity index (χ0n) is 17.0. The number of hydrogen-bond donors (Lipinski definition) is 1. The van der Waals surface area contributed by atoms with Crippen molar-refractivity contribution in [3.8, 4) is 0 Å². The Balaban J connectivity index is 0.00000117. The lowest BCUT2D eigenvalue weighted by molar-refractivity contribution is 0.215. The number of hydrogen-bond acceptors (Lipinski definition) is 5. The van der Waals surface area contributed by atoms with Crippen molar-refractivity contribution < 1.29 is 0 Å². The summed E-state index contributed by atoms with van der Waals surface area (Å²) in [7, 11) is 2.19. The molecule has 0 atom stereocenters. The molecule has 0 radical (unpaired) electrons. The van der Waals surface area contributed by atoms with E-state index < -0.39 is 0 Å². The van der Waals surface area contributed by atoms with Gasteiger partial charge in [-0.15, -0.1) is 11.3 Å². The van der Waals surface area contributed by atoms with Gasteiger partial charge in [0.25, 0.3) is 0 Å². The third-order valence-electron chi connectivity index (χ3n) is 4.56. The molecule has 1 N–H and O–H groups in total. The Morgan fingerprint density at radius 3 is 2.65 bits per heavy atom. The summed E-state index contributed by atoms with van der Waals surface area (Å²) < 4.78 is 0. The third-order valence-corrected chi connectivity index (χ3v) is 5.54. The quantitative estimate of drug-likeness (QED) is 0.588. The number of allylic oxidation sites excluding steroid dienone is 3. The molecule has 0 aliphatic carbocycles. The molecular formula is C21H34N4S. The monoisotopic (exact) mass is 374 g/mol. The van der Waals surface area contributed by atoms with E-state index in [9.17, 15) is 0 Å². The van der Waals surface area contributed by atoms with Gasteiger partial charge in [0.2, 0.25) is 0 Å². The molecule has 1 aromatic heterocycles. The van der Waals surface area contributed by atoms with Crippen LogP contribution in [0.4, 0.5) is 5.00 Å². The zero-order valence-corrected chi connectivity index (χ0v) is 17.8. The van der Waals surface area contributed by atoms with E-state index in [1.807, 2.05) is 25.2 Å². The zero-order chi connectivity index (χ0) is 18.9. The Hall–Kier alpha value is -1.59. The second-order valence-electron chi connectivity index (χ2n) is 6.57. The molecule has 2 aliphatic heterocycles. The predicted molar refractivity (Wildman–Crippen MR) is 116 cm³/mol. The number of nitrogens with zero attached hydrogens (tertiary/aromatic N) is 3. The largest absolute Gasteiger partial charge is 0.353 e. The van der Waals surface area contributed by atoms with Crippen molar-refractivity contribution in [1.29, 1.82) is 0 Å². The maximum absolute atomic E-state index is 5.08. The Morgan fingerprint density at radius 2 is 1.96 bits per heavy atom. The van der Waals surface area contributed by atoms with E-state index in [0.29, 0.717) is 0 Å². The molecule has 5 heteroatoms. The molecule has 1 fully saturated rings. The number of anilines is 1. The van der Waals surface area contributed by atoms with Gasteiger partial charge in [-0.05, 0) is 46.2 Å². The average molecular weight is 375 g/mol. The molecule has 0 aromatic carbocycles. The van der Waals surface area contributed by atoms with Gasteiger partial charge in [-0.3, -0.25) is 0 Å². The van der Waals surface area contributed by atoms with E-state index in [2.05, 4.69) is 60.4 Å². The highest BCUT2D eigenvalue weighted by Gasteiger charge is 2.24. The molecule has 144 valence electrons. The summed E-state index contributed by atoms with van der Waals surface area (Å²) in [6.45, 7) is 12.6.